The predicted octanol–water partition coefficient (Wildman–Crippen LogP) is 1.19. The highest BCUT2D eigenvalue weighted by molar-refractivity contribution is 5.05. The fourth-order valence-corrected chi connectivity index (χ4v) is 3.20. The van der Waals surface area contributed by atoms with Crippen molar-refractivity contribution in [3.05, 3.63) is 5.21 Å². The van der Waals surface area contributed by atoms with E-state index in [1.54, 1.807) is 0 Å². The molecule has 1 spiro atoms. The minimum absolute atomic E-state index is 0.0680. The highest BCUT2D eigenvalue weighted by Crippen LogP contribution is 2.34. The molecular formula is C12H24N2O. The summed E-state index contributed by atoms with van der Waals surface area (Å²) in [5, 5.41) is 16.6. The number of quaternary nitrogens is 1. The van der Waals surface area contributed by atoms with Crippen LogP contribution in [0.3, 0.4) is 0 Å². The highest BCUT2D eigenvalue weighted by Gasteiger charge is 2.60. The summed E-state index contributed by atoms with van der Waals surface area (Å²) in [7, 11) is 0. The van der Waals surface area contributed by atoms with E-state index in [0.29, 0.717) is 5.06 Å². The first-order valence-corrected chi connectivity index (χ1v) is 6.16. The van der Waals surface area contributed by atoms with Crippen LogP contribution in [0.1, 0.15) is 59.8 Å². The van der Waals surface area contributed by atoms with Gasteiger partial charge in [-0.25, -0.2) is 0 Å². The molecule has 2 aliphatic rings. The summed E-state index contributed by atoms with van der Waals surface area (Å²) in [5.74, 6) is 0. The van der Waals surface area contributed by atoms with Gasteiger partial charge in [-0.3, -0.25) is 5.32 Å². The second kappa shape index (κ2) is 3.19. The number of nitrogens with one attached hydrogen (secondary N) is 2. The van der Waals surface area contributed by atoms with Crippen molar-refractivity contribution in [1.82, 2.24) is 5.32 Å². The van der Waals surface area contributed by atoms with Crippen molar-refractivity contribution >= 4 is 0 Å². The molecule has 1 unspecified atom stereocenters. The molecule has 1 heterocycles. The van der Waals surface area contributed by atoms with Crippen LogP contribution in [-0.4, -0.2) is 16.7 Å². The monoisotopic (exact) mass is 212 g/mol. The zero-order valence-corrected chi connectivity index (χ0v) is 10.4. The van der Waals surface area contributed by atoms with Gasteiger partial charge >= 0.3 is 0 Å². The van der Waals surface area contributed by atoms with Crippen molar-refractivity contribution in [3.8, 4) is 0 Å². The molecular weight excluding hydrogens is 188 g/mol. The van der Waals surface area contributed by atoms with Gasteiger partial charge in [0.05, 0.1) is 5.54 Å². The van der Waals surface area contributed by atoms with Crippen LogP contribution in [0.2, 0.25) is 0 Å². The molecule has 0 aromatic carbocycles. The zero-order valence-electron chi connectivity index (χ0n) is 10.4. The molecule has 2 N–H and O–H groups in total. The molecule has 2 fully saturated rings. The Bertz CT molecular complexity index is 254. The third-order valence-corrected chi connectivity index (χ3v) is 4.82. The summed E-state index contributed by atoms with van der Waals surface area (Å²) in [6.45, 7) is 8.50. The minimum atomic E-state index is -0.232. The number of rotatable bonds is 0. The molecule has 88 valence electrons. The van der Waals surface area contributed by atoms with Gasteiger partial charge in [0.15, 0.2) is 5.66 Å². The maximum atomic E-state index is 12.6. The molecule has 3 heteroatoms. The second-order valence-corrected chi connectivity index (χ2v) is 6.35. The van der Waals surface area contributed by atoms with E-state index in [0.717, 1.165) is 12.8 Å². The Hall–Kier alpha value is -0.120. The van der Waals surface area contributed by atoms with E-state index in [-0.39, 0.29) is 16.7 Å². The largest absolute Gasteiger partial charge is 0.633 e. The Morgan fingerprint density at radius 2 is 1.53 bits per heavy atom. The molecule has 0 radical (unpaired) electrons. The molecule has 3 nitrogen and oxygen atoms in total. The van der Waals surface area contributed by atoms with E-state index < -0.39 is 0 Å². The summed E-state index contributed by atoms with van der Waals surface area (Å²) in [6.07, 6.45) is 5.77. The van der Waals surface area contributed by atoms with Crippen LogP contribution in [0.4, 0.5) is 0 Å². The zero-order chi connectivity index (χ0) is 11.3. The van der Waals surface area contributed by atoms with Gasteiger partial charge in [-0.15, -0.1) is 0 Å². The molecule has 1 aliphatic carbocycles. The lowest BCUT2D eigenvalue weighted by Crippen LogP contribution is -3.21. The van der Waals surface area contributed by atoms with Crippen molar-refractivity contribution in [2.75, 3.05) is 0 Å². The number of hydrogen-bond acceptors (Lipinski definition) is 2. The van der Waals surface area contributed by atoms with Crippen LogP contribution >= 0.6 is 0 Å². The summed E-state index contributed by atoms with van der Waals surface area (Å²) < 4.78 is 0. The van der Waals surface area contributed by atoms with Gasteiger partial charge in [-0.1, -0.05) is 6.42 Å². The molecule has 0 aromatic rings. The fraction of sp³-hybridized carbons (Fsp3) is 1.00. The molecule has 1 aliphatic heterocycles. The average molecular weight is 212 g/mol. The van der Waals surface area contributed by atoms with Crippen LogP contribution in [0.5, 0.6) is 0 Å². The molecule has 2 rings (SSSR count). The Morgan fingerprint density at radius 1 is 1.00 bits per heavy atom. The van der Waals surface area contributed by atoms with E-state index >= 15 is 0 Å². The highest BCUT2D eigenvalue weighted by atomic mass is 16.5. The average Bonchev–Trinajstić information content (AvgIpc) is 2.27. The van der Waals surface area contributed by atoms with Crippen LogP contribution in [0, 0.1) is 5.21 Å². The number of hydrogen-bond donors (Lipinski definition) is 2. The second-order valence-electron chi connectivity index (χ2n) is 6.35. The fourth-order valence-electron chi connectivity index (χ4n) is 3.20. The van der Waals surface area contributed by atoms with Crippen molar-refractivity contribution < 1.29 is 5.06 Å². The SMILES string of the molecule is CC1(C)NC2(CCCCC2)[NH+]([O-])C1(C)C. The molecule has 0 aromatic heterocycles. The predicted molar refractivity (Wildman–Crippen MR) is 61.4 cm³/mol. The summed E-state index contributed by atoms with van der Waals surface area (Å²) in [5.41, 5.74) is -0.489. The third kappa shape index (κ3) is 1.44. The van der Waals surface area contributed by atoms with Gasteiger partial charge < -0.3 is 10.3 Å². The first kappa shape index (κ1) is 11.4. The Balaban J connectivity index is 2.30. The van der Waals surface area contributed by atoms with Crippen LogP contribution in [0.15, 0.2) is 0 Å². The molecule has 0 bridgehead atoms. The van der Waals surface area contributed by atoms with Crippen molar-refractivity contribution in [2.45, 2.75) is 76.5 Å². The van der Waals surface area contributed by atoms with Gasteiger partial charge in [-0.2, -0.15) is 0 Å². The van der Waals surface area contributed by atoms with Gasteiger partial charge in [0, 0.05) is 12.8 Å². The normalized spacial score (nSPS) is 37.0. The lowest BCUT2D eigenvalue weighted by Gasteiger charge is -2.45. The van der Waals surface area contributed by atoms with E-state index in [2.05, 4.69) is 33.0 Å². The molecule has 1 atom stereocenters. The van der Waals surface area contributed by atoms with Crippen LogP contribution < -0.4 is 10.4 Å². The summed E-state index contributed by atoms with van der Waals surface area (Å²) >= 11 is 0. The molecule has 1 saturated carbocycles. The minimum Gasteiger partial charge on any atom is -0.633 e. The summed E-state index contributed by atoms with van der Waals surface area (Å²) in [6, 6.07) is 0. The van der Waals surface area contributed by atoms with Gasteiger partial charge in [0.2, 0.25) is 0 Å². The topological polar surface area (TPSA) is 39.5 Å². The van der Waals surface area contributed by atoms with E-state index in [9.17, 15) is 5.21 Å². The quantitative estimate of drug-likeness (QED) is 0.592. The van der Waals surface area contributed by atoms with Gasteiger partial charge in [0.1, 0.15) is 5.54 Å². The lowest BCUT2D eigenvalue weighted by molar-refractivity contribution is -0.941. The molecule has 1 saturated heterocycles. The molecule has 15 heavy (non-hydrogen) atoms. The first-order valence-electron chi connectivity index (χ1n) is 6.16. The smallest absolute Gasteiger partial charge is 0.152 e. The van der Waals surface area contributed by atoms with Crippen molar-refractivity contribution in [2.24, 2.45) is 0 Å². The Labute approximate surface area is 92.8 Å². The maximum Gasteiger partial charge on any atom is 0.152 e. The van der Waals surface area contributed by atoms with E-state index in [1.165, 1.54) is 19.3 Å². The number of hydroxylamine groups is 2. The molecule has 0 amide bonds. The van der Waals surface area contributed by atoms with Crippen LogP contribution in [0.25, 0.3) is 0 Å². The first-order chi connectivity index (χ1) is 6.82. The lowest BCUT2D eigenvalue weighted by atomic mass is 9.84. The van der Waals surface area contributed by atoms with E-state index in [1.807, 2.05) is 0 Å². The van der Waals surface area contributed by atoms with Gasteiger partial charge in [0.25, 0.3) is 0 Å². The third-order valence-electron chi connectivity index (χ3n) is 4.82. The van der Waals surface area contributed by atoms with E-state index in [4.69, 9.17) is 0 Å². The Morgan fingerprint density at radius 3 is 1.93 bits per heavy atom. The van der Waals surface area contributed by atoms with Crippen LogP contribution in [-0.2, 0) is 0 Å². The Kier molecular flexibility index (Phi) is 2.42. The standard InChI is InChI=1S/C12H24N2O/c1-10(2)11(3,4)14(15)12(13-10)8-6-5-7-9-12/h13-14H,5-9H2,1-4H3. The van der Waals surface area contributed by atoms with Gasteiger partial charge in [-0.05, 0) is 40.5 Å². The van der Waals surface area contributed by atoms with Crippen molar-refractivity contribution in [1.29, 1.82) is 0 Å². The maximum absolute atomic E-state index is 12.6. The van der Waals surface area contributed by atoms with Crippen molar-refractivity contribution in [3.63, 3.8) is 0 Å². The summed E-state index contributed by atoms with van der Waals surface area (Å²) in [4.78, 5) is 0.